The highest BCUT2D eigenvalue weighted by Crippen LogP contribution is 2.37. The van der Waals surface area contributed by atoms with E-state index in [2.05, 4.69) is 10.4 Å². The van der Waals surface area contributed by atoms with Crippen LogP contribution < -0.4 is 25.2 Å². The van der Waals surface area contributed by atoms with Gasteiger partial charge in [0.2, 0.25) is 0 Å². The molecule has 1 aliphatic rings. The van der Waals surface area contributed by atoms with Crippen LogP contribution in [-0.4, -0.2) is 44.1 Å². The normalized spacial score (nSPS) is 13.7. The summed E-state index contributed by atoms with van der Waals surface area (Å²) in [5.74, 6) is 0.965. The lowest BCUT2D eigenvalue weighted by molar-refractivity contribution is -0.137. The summed E-state index contributed by atoms with van der Waals surface area (Å²) in [5, 5.41) is 7.29. The average Bonchev–Trinajstić information content (AvgIpc) is 3.38. The summed E-state index contributed by atoms with van der Waals surface area (Å²) in [4.78, 5) is 15.4. The first kappa shape index (κ1) is 24.4. The molecule has 0 radical (unpaired) electrons. The summed E-state index contributed by atoms with van der Waals surface area (Å²) < 4.78 is 53.7. The molecule has 0 bridgehead atoms. The number of nitrogens with zero attached hydrogens (tertiary/aromatic N) is 3. The molecular weight excluding hydrogens is 461 g/mol. The molecule has 1 fully saturated rings. The number of hydrogen-bond acceptors (Lipinski definition) is 6. The van der Waals surface area contributed by atoms with Crippen molar-refractivity contribution < 1.29 is 22.6 Å². The van der Waals surface area contributed by atoms with Crippen molar-refractivity contribution in [3.63, 3.8) is 0 Å². The Hall–Kier alpha value is -3.69. The summed E-state index contributed by atoms with van der Waals surface area (Å²) in [5.41, 5.74) is 0.196. The number of methoxy groups -OCH3 is 2. The van der Waals surface area contributed by atoms with Crippen LogP contribution in [0.5, 0.6) is 11.5 Å². The number of aromatic nitrogens is 2. The van der Waals surface area contributed by atoms with Gasteiger partial charge in [0.15, 0.2) is 0 Å². The SMILES string of the molecule is CNc1c(C)c(-c2cc(OC)cc(OC)c2)nn(-c2cc(N3CCCC3)ccc2C(F)(F)F)c1=O. The molecule has 1 N–H and O–H groups in total. The number of ether oxygens (including phenoxy) is 2. The van der Waals surface area contributed by atoms with Gasteiger partial charge in [0.05, 0.1) is 31.2 Å². The van der Waals surface area contributed by atoms with Gasteiger partial charge in [-0.2, -0.15) is 23.0 Å². The van der Waals surface area contributed by atoms with Crippen molar-refractivity contribution in [3.05, 3.63) is 57.9 Å². The van der Waals surface area contributed by atoms with Gasteiger partial charge < -0.3 is 19.7 Å². The van der Waals surface area contributed by atoms with Crippen LogP contribution in [0.1, 0.15) is 24.0 Å². The number of rotatable bonds is 6. The minimum absolute atomic E-state index is 0.150. The fourth-order valence-electron chi connectivity index (χ4n) is 4.39. The molecule has 0 atom stereocenters. The number of nitrogens with one attached hydrogen (secondary N) is 1. The van der Waals surface area contributed by atoms with E-state index in [-0.39, 0.29) is 11.4 Å². The van der Waals surface area contributed by atoms with Gasteiger partial charge >= 0.3 is 6.18 Å². The van der Waals surface area contributed by atoms with Gasteiger partial charge in [-0.15, -0.1) is 0 Å². The lowest BCUT2D eigenvalue weighted by atomic mass is 10.0. The van der Waals surface area contributed by atoms with Crippen molar-refractivity contribution in [1.82, 2.24) is 9.78 Å². The maximum Gasteiger partial charge on any atom is 0.418 e. The summed E-state index contributed by atoms with van der Waals surface area (Å²) in [6.07, 6.45) is -2.75. The Morgan fingerprint density at radius 1 is 1.00 bits per heavy atom. The molecule has 0 aliphatic carbocycles. The van der Waals surface area contributed by atoms with Crippen LogP contribution >= 0.6 is 0 Å². The van der Waals surface area contributed by atoms with Crippen LogP contribution in [-0.2, 0) is 6.18 Å². The van der Waals surface area contributed by atoms with Gasteiger partial charge in [-0.3, -0.25) is 4.79 Å². The maximum absolute atomic E-state index is 14.1. The lowest BCUT2D eigenvalue weighted by Crippen LogP contribution is -2.28. The van der Waals surface area contributed by atoms with Crippen LogP contribution in [0.3, 0.4) is 0 Å². The summed E-state index contributed by atoms with van der Waals surface area (Å²) >= 11 is 0. The van der Waals surface area contributed by atoms with E-state index >= 15 is 0 Å². The molecule has 1 aliphatic heterocycles. The second kappa shape index (κ2) is 9.52. The molecule has 0 amide bonds. The molecular formula is C25H27F3N4O3. The zero-order valence-electron chi connectivity index (χ0n) is 20.0. The maximum atomic E-state index is 14.1. The van der Waals surface area contributed by atoms with Crippen LogP contribution in [0.15, 0.2) is 41.2 Å². The lowest BCUT2D eigenvalue weighted by Gasteiger charge is -2.22. The van der Waals surface area contributed by atoms with Gasteiger partial charge in [0.25, 0.3) is 5.56 Å². The van der Waals surface area contributed by atoms with E-state index < -0.39 is 17.3 Å². The number of anilines is 2. The first-order valence-corrected chi connectivity index (χ1v) is 11.2. The fraction of sp³-hybridized carbons (Fsp3) is 0.360. The van der Waals surface area contributed by atoms with Gasteiger partial charge in [-0.1, -0.05) is 0 Å². The first-order valence-electron chi connectivity index (χ1n) is 11.2. The predicted molar refractivity (Wildman–Crippen MR) is 129 cm³/mol. The average molecular weight is 489 g/mol. The van der Waals surface area contributed by atoms with Crippen molar-refractivity contribution >= 4 is 11.4 Å². The molecule has 186 valence electrons. The molecule has 0 spiro atoms. The van der Waals surface area contributed by atoms with E-state index in [4.69, 9.17) is 9.47 Å². The summed E-state index contributed by atoms with van der Waals surface area (Å²) in [6, 6.07) is 8.92. The van der Waals surface area contributed by atoms with E-state index in [9.17, 15) is 18.0 Å². The fourth-order valence-corrected chi connectivity index (χ4v) is 4.39. The van der Waals surface area contributed by atoms with E-state index in [0.29, 0.717) is 34.0 Å². The van der Waals surface area contributed by atoms with E-state index in [1.165, 1.54) is 26.4 Å². The predicted octanol–water partition coefficient (Wildman–Crippen LogP) is 4.89. The Morgan fingerprint density at radius 2 is 1.63 bits per heavy atom. The number of alkyl halides is 3. The molecule has 7 nitrogen and oxygen atoms in total. The second-order valence-electron chi connectivity index (χ2n) is 8.31. The monoisotopic (exact) mass is 488 g/mol. The molecule has 1 saturated heterocycles. The minimum Gasteiger partial charge on any atom is -0.497 e. The van der Waals surface area contributed by atoms with Gasteiger partial charge in [0.1, 0.15) is 17.2 Å². The van der Waals surface area contributed by atoms with Gasteiger partial charge in [-0.05, 0) is 50.1 Å². The Bertz CT molecular complexity index is 1280. The number of hydrogen-bond donors (Lipinski definition) is 1. The minimum atomic E-state index is -4.68. The third kappa shape index (κ3) is 4.65. The first-order chi connectivity index (χ1) is 16.7. The molecule has 0 unspecified atom stereocenters. The second-order valence-corrected chi connectivity index (χ2v) is 8.31. The van der Waals surface area contributed by atoms with E-state index in [0.717, 1.165) is 36.7 Å². The highest BCUT2D eigenvalue weighted by Gasteiger charge is 2.35. The van der Waals surface area contributed by atoms with Crippen molar-refractivity contribution in [2.75, 3.05) is 44.6 Å². The molecule has 4 rings (SSSR count). The summed E-state index contributed by atoms with van der Waals surface area (Å²) in [6.45, 7) is 3.19. The van der Waals surface area contributed by atoms with Crippen molar-refractivity contribution in [1.29, 1.82) is 0 Å². The van der Waals surface area contributed by atoms with Crippen molar-refractivity contribution in [2.45, 2.75) is 25.9 Å². The molecule has 2 heterocycles. The molecule has 10 heteroatoms. The molecule has 3 aromatic rings. The smallest absolute Gasteiger partial charge is 0.418 e. The van der Waals surface area contributed by atoms with Crippen LogP contribution in [0.2, 0.25) is 0 Å². The highest BCUT2D eigenvalue weighted by atomic mass is 19.4. The quantitative estimate of drug-likeness (QED) is 0.533. The zero-order chi connectivity index (χ0) is 25.3. The third-order valence-corrected chi connectivity index (χ3v) is 6.20. The van der Waals surface area contributed by atoms with Crippen molar-refractivity contribution in [3.8, 4) is 28.4 Å². The Labute approximate surface area is 201 Å². The molecule has 0 saturated carbocycles. The zero-order valence-corrected chi connectivity index (χ0v) is 20.0. The van der Waals surface area contributed by atoms with Gasteiger partial charge in [-0.25, -0.2) is 0 Å². The largest absolute Gasteiger partial charge is 0.497 e. The van der Waals surface area contributed by atoms with E-state index in [1.807, 2.05) is 4.90 Å². The Kier molecular flexibility index (Phi) is 6.64. The third-order valence-electron chi connectivity index (χ3n) is 6.20. The van der Waals surface area contributed by atoms with Crippen molar-refractivity contribution in [2.24, 2.45) is 0 Å². The molecule has 2 aromatic carbocycles. The van der Waals surface area contributed by atoms with Crippen LogP contribution in [0.25, 0.3) is 16.9 Å². The summed E-state index contributed by atoms with van der Waals surface area (Å²) in [7, 11) is 4.55. The van der Waals surface area contributed by atoms with Crippen LogP contribution in [0.4, 0.5) is 24.5 Å². The topological polar surface area (TPSA) is 68.6 Å². The van der Waals surface area contributed by atoms with Crippen LogP contribution in [0, 0.1) is 6.92 Å². The van der Waals surface area contributed by atoms with E-state index in [1.54, 1.807) is 32.2 Å². The Balaban J connectivity index is 2.01. The highest BCUT2D eigenvalue weighted by molar-refractivity contribution is 5.72. The number of benzene rings is 2. The Morgan fingerprint density at radius 3 is 2.17 bits per heavy atom. The molecule has 35 heavy (non-hydrogen) atoms. The standard InChI is InChI=1S/C25H27F3N4O3/c1-15-22(16-11-18(34-3)14-19(12-16)35-4)30-32(24(33)23(15)29-2)21-13-17(31-9-5-6-10-31)7-8-20(21)25(26,27)28/h7-8,11-14,29H,5-6,9-10H2,1-4H3. The number of halogens is 3. The van der Waals surface area contributed by atoms with Gasteiger partial charge in [0, 0.05) is 43.0 Å². The molecule has 1 aromatic heterocycles.